The number of carbonyl (C=O) groups is 3. The number of benzene rings is 3. The third-order valence-electron chi connectivity index (χ3n) is 5.07. The van der Waals surface area contributed by atoms with Crippen molar-refractivity contribution in [3.8, 4) is 0 Å². The molecule has 1 aliphatic heterocycles. The highest BCUT2D eigenvalue weighted by atomic mass is 16.7. The van der Waals surface area contributed by atoms with Gasteiger partial charge in [0, 0.05) is 0 Å². The van der Waals surface area contributed by atoms with Crippen LogP contribution in [0.4, 0.5) is 0 Å². The molecule has 1 heterocycles. The fourth-order valence-corrected chi connectivity index (χ4v) is 3.38. The molecule has 0 aromatic heterocycles. The molecule has 0 radical (unpaired) electrons. The van der Waals surface area contributed by atoms with Crippen LogP contribution in [0.2, 0.25) is 0 Å². The highest BCUT2D eigenvalue weighted by molar-refractivity contribution is 5.90. The molecule has 7 heteroatoms. The average molecular weight is 446 g/mol. The molecule has 4 rings (SSSR count). The molecule has 0 bridgehead atoms. The van der Waals surface area contributed by atoms with E-state index >= 15 is 0 Å². The van der Waals surface area contributed by atoms with Gasteiger partial charge in [0.15, 0.2) is 0 Å². The Morgan fingerprint density at radius 2 is 1.12 bits per heavy atom. The number of hydrogen-bond donors (Lipinski definition) is 0. The minimum Gasteiger partial charge on any atom is -0.459 e. The van der Waals surface area contributed by atoms with E-state index in [1.165, 1.54) is 0 Å². The maximum absolute atomic E-state index is 12.6. The SMILES string of the molecule is O=C(OC[C@@H]1O[C@H](OC(=O)c2ccccc2)C[C@H]1OC(=O)c1ccccc1)c1ccccc1. The average Bonchev–Trinajstić information content (AvgIpc) is 3.24. The Bertz CT molecular complexity index is 1080. The van der Waals surface area contributed by atoms with Crippen molar-refractivity contribution in [2.24, 2.45) is 0 Å². The number of ether oxygens (including phenoxy) is 4. The molecule has 0 spiro atoms. The van der Waals surface area contributed by atoms with E-state index in [-0.39, 0.29) is 13.0 Å². The highest BCUT2D eigenvalue weighted by Crippen LogP contribution is 2.27. The van der Waals surface area contributed by atoms with Gasteiger partial charge in [-0.05, 0) is 36.4 Å². The van der Waals surface area contributed by atoms with Gasteiger partial charge in [0.2, 0.25) is 6.29 Å². The first kappa shape index (κ1) is 22.2. The Balaban J connectivity index is 1.43. The third-order valence-corrected chi connectivity index (χ3v) is 5.07. The van der Waals surface area contributed by atoms with Crippen LogP contribution in [0.5, 0.6) is 0 Å². The molecule has 0 saturated carbocycles. The number of rotatable bonds is 7. The Kier molecular flexibility index (Phi) is 7.12. The lowest BCUT2D eigenvalue weighted by atomic mass is 10.1. The van der Waals surface area contributed by atoms with Crippen molar-refractivity contribution < 1.29 is 33.3 Å². The van der Waals surface area contributed by atoms with Crippen LogP contribution in [0.15, 0.2) is 91.0 Å². The minimum atomic E-state index is -0.952. The van der Waals surface area contributed by atoms with Gasteiger partial charge in [0.05, 0.1) is 23.1 Å². The molecule has 1 aliphatic rings. The molecule has 1 fully saturated rings. The van der Waals surface area contributed by atoms with Crippen molar-refractivity contribution in [2.45, 2.75) is 24.9 Å². The smallest absolute Gasteiger partial charge is 0.340 e. The molecule has 0 aliphatic carbocycles. The Morgan fingerprint density at radius 3 is 1.64 bits per heavy atom. The van der Waals surface area contributed by atoms with Crippen molar-refractivity contribution >= 4 is 17.9 Å². The van der Waals surface area contributed by atoms with Crippen LogP contribution in [-0.4, -0.2) is 43.0 Å². The molecule has 168 valence electrons. The molecule has 3 atom stereocenters. The van der Waals surface area contributed by atoms with E-state index in [0.717, 1.165) is 0 Å². The van der Waals surface area contributed by atoms with Gasteiger partial charge < -0.3 is 18.9 Å². The van der Waals surface area contributed by atoms with E-state index < -0.39 is 36.4 Å². The second-order valence-corrected chi connectivity index (χ2v) is 7.39. The zero-order valence-corrected chi connectivity index (χ0v) is 17.7. The summed E-state index contributed by atoms with van der Waals surface area (Å²) < 4.78 is 22.2. The van der Waals surface area contributed by atoms with Crippen molar-refractivity contribution in [3.05, 3.63) is 108 Å². The molecular weight excluding hydrogens is 424 g/mol. The summed E-state index contributed by atoms with van der Waals surface area (Å²) in [6.07, 6.45) is -2.40. The van der Waals surface area contributed by atoms with Crippen molar-refractivity contribution in [3.63, 3.8) is 0 Å². The lowest BCUT2D eigenvalue weighted by molar-refractivity contribution is -0.117. The van der Waals surface area contributed by atoms with Gasteiger partial charge in [-0.2, -0.15) is 0 Å². The van der Waals surface area contributed by atoms with Crippen molar-refractivity contribution in [1.82, 2.24) is 0 Å². The third kappa shape index (κ3) is 5.84. The molecular formula is C26H22O7. The largest absolute Gasteiger partial charge is 0.459 e. The van der Waals surface area contributed by atoms with Gasteiger partial charge in [-0.3, -0.25) is 0 Å². The van der Waals surface area contributed by atoms with Crippen LogP contribution in [-0.2, 0) is 18.9 Å². The van der Waals surface area contributed by atoms with Crippen LogP contribution < -0.4 is 0 Å². The minimum absolute atomic E-state index is 0.116. The van der Waals surface area contributed by atoms with Crippen LogP contribution in [0.3, 0.4) is 0 Å². The molecule has 0 unspecified atom stereocenters. The van der Waals surface area contributed by atoms with Crippen LogP contribution >= 0.6 is 0 Å². The van der Waals surface area contributed by atoms with Crippen LogP contribution in [0.1, 0.15) is 37.5 Å². The van der Waals surface area contributed by atoms with Gasteiger partial charge in [-0.25, -0.2) is 14.4 Å². The Hall–Kier alpha value is -3.97. The van der Waals surface area contributed by atoms with E-state index in [1.54, 1.807) is 91.0 Å². The van der Waals surface area contributed by atoms with Gasteiger partial charge in [0.25, 0.3) is 0 Å². The summed E-state index contributed by atoms with van der Waals surface area (Å²) in [5.41, 5.74) is 1.14. The van der Waals surface area contributed by atoms with E-state index in [1.807, 2.05) is 0 Å². The Labute approximate surface area is 190 Å². The van der Waals surface area contributed by atoms with Crippen molar-refractivity contribution in [1.29, 1.82) is 0 Å². The first-order valence-electron chi connectivity index (χ1n) is 10.5. The predicted octanol–water partition coefficient (Wildman–Crippen LogP) is 4.04. The van der Waals surface area contributed by atoms with E-state index in [2.05, 4.69) is 0 Å². The molecule has 7 nitrogen and oxygen atoms in total. The molecule has 3 aromatic carbocycles. The second kappa shape index (κ2) is 10.6. The summed E-state index contributed by atoms with van der Waals surface area (Å²) in [4.78, 5) is 37.3. The maximum atomic E-state index is 12.6. The maximum Gasteiger partial charge on any atom is 0.340 e. The zero-order valence-electron chi connectivity index (χ0n) is 17.7. The van der Waals surface area contributed by atoms with Gasteiger partial charge in [0.1, 0.15) is 18.8 Å². The fourth-order valence-electron chi connectivity index (χ4n) is 3.38. The molecule has 0 N–H and O–H groups in total. The predicted molar refractivity (Wildman–Crippen MR) is 118 cm³/mol. The Morgan fingerprint density at radius 1 is 0.667 bits per heavy atom. The summed E-state index contributed by atoms with van der Waals surface area (Å²) in [6, 6.07) is 25.5. The number of hydrogen-bond acceptors (Lipinski definition) is 7. The lowest BCUT2D eigenvalue weighted by Gasteiger charge is -2.18. The lowest BCUT2D eigenvalue weighted by Crippen LogP contribution is -2.32. The summed E-state index contributed by atoms with van der Waals surface area (Å²) in [5, 5.41) is 0. The summed E-state index contributed by atoms with van der Waals surface area (Å²) in [7, 11) is 0. The number of esters is 3. The standard InChI is InChI=1S/C26H22O7/c27-24(18-10-4-1-5-11-18)30-17-22-21(32-25(28)19-12-6-2-7-13-19)16-23(31-22)33-26(29)20-14-8-3-9-15-20/h1-15,21-23H,16-17H2/t21-,22+,23-/m1/s1. The summed E-state index contributed by atoms with van der Waals surface area (Å²) in [6.45, 7) is -0.167. The van der Waals surface area contributed by atoms with E-state index in [0.29, 0.717) is 16.7 Å². The number of carbonyl (C=O) groups excluding carboxylic acids is 3. The molecule has 33 heavy (non-hydrogen) atoms. The first-order valence-corrected chi connectivity index (χ1v) is 10.5. The summed E-state index contributed by atoms with van der Waals surface area (Å²) >= 11 is 0. The molecule has 1 saturated heterocycles. The topological polar surface area (TPSA) is 88.1 Å². The highest BCUT2D eigenvalue weighted by Gasteiger charge is 2.41. The molecule has 0 amide bonds. The van der Waals surface area contributed by atoms with Gasteiger partial charge in [-0.15, -0.1) is 0 Å². The first-order chi connectivity index (χ1) is 16.1. The van der Waals surface area contributed by atoms with Gasteiger partial charge in [-0.1, -0.05) is 54.6 Å². The molecule has 3 aromatic rings. The van der Waals surface area contributed by atoms with Gasteiger partial charge >= 0.3 is 17.9 Å². The van der Waals surface area contributed by atoms with E-state index in [9.17, 15) is 14.4 Å². The van der Waals surface area contributed by atoms with E-state index in [4.69, 9.17) is 18.9 Å². The van der Waals surface area contributed by atoms with Crippen LogP contribution in [0.25, 0.3) is 0 Å². The van der Waals surface area contributed by atoms with Crippen LogP contribution in [0, 0.1) is 0 Å². The van der Waals surface area contributed by atoms with Crippen molar-refractivity contribution in [2.75, 3.05) is 6.61 Å². The monoisotopic (exact) mass is 446 g/mol. The normalized spacial score (nSPS) is 19.5. The fraction of sp³-hybridized carbons (Fsp3) is 0.192. The zero-order chi connectivity index (χ0) is 23.0. The second-order valence-electron chi connectivity index (χ2n) is 7.39. The quantitative estimate of drug-likeness (QED) is 0.400. The summed E-state index contributed by atoms with van der Waals surface area (Å²) in [5.74, 6) is -1.63.